The second kappa shape index (κ2) is 3.46. The van der Waals surface area contributed by atoms with E-state index >= 15 is 0 Å². The highest BCUT2D eigenvalue weighted by atomic mass is 79.9. The highest BCUT2D eigenvalue weighted by Crippen LogP contribution is 2.32. The number of aliphatic hydroxyl groups excluding tert-OH is 1. The molecule has 2 rings (SSSR count). The van der Waals surface area contributed by atoms with Gasteiger partial charge in [0.2, 0.25) is 0 Å². The fourth-order valence-corrected chi connectivity index (χ4v) is 3.19. The molecule has 2 heterocycles. The molecule has 0 spiro atoms. The minimum Gasteiger partial charge on any atom is -0.391 e. The predicted molar refractivity (Wildman–Crippen MR) is 53.6 cm³/mol. The van der Waals surface area contributed by atoms with Crippen molar-refractivity contribution in [3.63, 3.8) is 0 Å². The second-order valence-corrected chi connectivity index (χ2v) is 4.61. The summed E-state index contributed by atoms with van der Waals surface area (Å²) in [6.45, 7) is 1.60. The van der Waals surface area contributed by atoms with Crippen molar-refractivity contribution < 1.29 is 5.11 Å². The summed E-state index contributed by atoms with van der Waals surface area (Å²) in [6, 6.07) is 0. The molecule has 2 N–H and O–H groups in total. The Labute approximate surface area is 83.7 Å². The molecule has 0 radical (unpaired) electrons. The Kier molecular flexibility index (Phi) is 2.50. The van der Waals surface area contributed by atoms with Crippen LogP contribution in [0.2, 0.25) is 0 Å². The van der Waals surface area contributed by atoms with Crippen LogP contribution in [-0.2, 0) is 0 Å². The Hall–Kier alpha value is 0.100. The van der Waals surface area contributed by atoms with Crippen molar-refractivity contribution in [1.29, 1.82) is 0 Å². The largest absolute Gasteiger partial charge is 0.391 e. The molecule has 1 fully saturated rings. The summed E-state index contributed by atoms with van der Waals surface area (Å²) in [6.07, 6.45) is -0.226. The molecule has 0 amide bonds. The molecular formula is C8H10BrNOS. The first-order chi connectivity index (χ1) is 5.79. The van der Waals surface area contributed by atoms with Gasteiger partial charge in [-0.2, -0.15) is 11.3 Å². The Bertz CT molecular complexity index is 276. The van der Waals surface area contributed by atoms with Gasteiger partial charge in [-0.05, 0) is 26.9 Å². The van der Waals surface area contributed by atoms with Gasteiger partial charge in [0, 0.05) is 28.9 Å². The third-order valence-corrected chi connectivity index (χ3v) is 3.98. The summed E-state index contributed by atoms with van der Waals surface area (Å²) in [4.78, 5) is 0. The predicted octanol–water partition coefficient (Wildman–Crippen LogP) is 1.56. The van der Waals surface area contributed by atoms with Crippen molar-refractivity contribution >= 4 is 27.3 Å². The number of aliphatic hydroxyl groups is 1. The molecule has 1 aromatic rings. The first-order valence-electron chi connectivity index (χ1n) is 3.89. The number of hydrogen-bond donors (Lipinski definition) is 2. The van der Waals surface area contributed by atoms with Crippen molar-refractivity contribution in [1.82, 2.24) is 5.32 Å². The Balaban J connectivity index is 2.24. The SMILES string of the molecule is O[C@@H]1CNC[C@H]1c1cscc1Br. The van der Waals surface area contributed by atoms with Crippen LogP contribution in [0.5, 0.6) is 0 Å². The number of halogens is 1. The smallest absolute Gasteiger partial charge is 0.0745 e. The van der Waals surface area contributed by atoms with E-state index in [0.717, 1.165) is 11.0 Å². The summed E-state index contributed by atoms with van der Waals surface area (Å²) in [5, 5.41) is 16.9. The molecule has 1 aromatic heterocycles. The van der Waals surface area contributed by atoms with E-state index in [4.69, 9.17) is 0 Å². The zero-order valence-electron chi connectivity index (χ0n) is 6.46. The maximum Gasteiger partial charge on any atom is 0.0745 e. The van der Waals surface area contributed by atoms with E-state index in [1.165, 1.54) is 5.56 Å². The lowest BCUT2D eigenvalue weighted by atomic mass is 10.00. The molecule has 1 aliphatic heterocycles. The van der Waals surface area contributed by atoms with E-state index in [2.05, 4.69) is 32.0 Å². The van der Waals surface area contributed by atoms with Gasteiger partial charge in [-0.3, -0.25) is 0 Å². The molecule has 12 heavy (non-hydrogen) atoms. The number of rotatable bonds is 1. The van der Waals surface area contributed by atoms with E-state index < -0.39 is 0 Å². The maximum atomic E-state index is 9.61. The fraction of sp³-hybridized carbons (Fsp3) is 0.500. The molecule has 1 aliphatic rings. The van der Waals surface area contributed by atoms with Crippen LogP contribution in [0.25, 0.3) is 0 Å². The average Bonchev–Trinajstić information content (AvgIpc) is 2.59. The van der Waals surface area contributed by atoms with Crippen LogP contribution >= 0.6 is 27.3 Å². The zero-order chi connectivity index (χ0) is 8.55. The van der Waals surface area contributed by atoms with Gasteiger partial charge in [-0.1, -0.05) is 0 Å². The molecule has 0 bridgehead atoms. The molecular weight excluding hydrogens is 238 g/mol. The molecule has 4 heteroatoms. The zero-order valence-corrected chi connectivity index (χ0v) is 8.86. The Morgan fingerprint density at radius 3 is 2.83 bits per heavy atom. The maximum absolute atomic E-state index is 9.61. The molecule has 0 aromatic carbocycles. The quantitative estimate of drug-likeness (QED) is 0.790. The second-order valence-electron chi connectivity index (χ2n) is 3.01. The van der Waals surface area contributed by atoms with Crippen LogP contribution in [0.1, 0.15) is 11.5 Å². The van der Waals surface area contributed by atoms with Gasteiger partial charge in [0.1, 0.15) is 0 Å². The van der Waals surface area contributed by atoms with E-state index in [1.54, 1.807) is 11.3 Å². The molecule has 0 unspecified atom stereocenters. The first kappa shape index (κ1) is 8.69. The summed E-state index contributed by atoms with van der Waals surface area (Å²) < 4.78 is 1.13. The van der Waals surface area contributed by atoms with Crippen molar-refractivity contribution in [3.05, 3.63) is 20.8 Å². The van der Waals surface area contributed by atoms with Gasteiger partial charge in [0.15, 0.2) is 0 Å². The van der Waals surface area contributed by atoms with Crippen molar-refractivity contribution in [2.24, 2.45) is 0 Å². The normalized spacial score (nSPS) is 29.5. The number of thiophene rings is 1. The Morgan fingerprint density at radius 1 is 1.50 bits per heavy atom. The van der Waals surface area contributed by atoms with E-state index in [1.807, 2.05) is 0 Å². The highest BCUT2D eigenvalue weighted by Gasteiger charge is 2.28. The molecule has 66 valence electrons. The number of β-amino-alcohol motifs (C(OH)–C–C–N with tert-alkyl or cyclic N) is 1. The van der Waals surface area contributed by atoms with Crippen molar-refractivity contribution in [2.45, 2.75) is 12.0 Å². The summed E-state index contributed by atoms with van der Waals surface area (Å²) in [5.41, 5.74) is 1.23. The number of nitrogens with one attached hydrogen (secondary N) is 1. The molecule has 2 nitrogen and oxygen atoms in total. The van der Waals surface area contributed by atoms with Crippen molar-refractivity contribution in [2.75, 3.05) is 13.1 Å². The summed E-state index contributed by atoms with van der Waals surface area (Å²) in [7, 11) is 0. The third-order valence-electron chi connectivity index (χ3n) is 2.22. The van der Waals surface area contributed by atoms with Crippen molar-refractivity contribution in [3.8, 4) is 0 Å². The summed E-state index contributed by atoms with van der Waals surface area (Å²) >= 11 is 5.14. The van der Waals surface area contributed by atoms with Crippen LogP contribution in [-0.4, -0.2) is 24.3 Å². The van der Waals surface area contributed by atoms with Crippen LogP contribution in [0, 0.1) is 0 Å². The molecule has 0 saturated carbocycles. The van der Waals surface area contributed by atoms with Gasteiger partial charge in [0.05, 0.1) is 6.10 Å². The minimum atomic E-state index is -0.226. The van der Waals surface area contributed by atoms with Crippen LogP contribution in [0.3, 0.4) is 0 Å². The first-order valence-corrected chi connectivity index (χ1v) is 5.63. The molecule has 0 aliphatic carbocycles. The lowest BCUT2D eigenvalue weighted by Crippen LogP contribution is -2.15. The average molecular weight is 248 g/mol. The van der Waals surface area contributed by atoms with E-state index in [-0.39, 0.29) is 12.0 Å². The topological polar surface area (TPSA) is 32.3 Å². The van der Waals surface area contributed by atoms with Crippen LogP contribution < -0.4 is 5.32 Å². The monoisotopic (exact) mass is 247 g/mol. The minimum absolute atomic E-state index is 0.226. The molecule has 1 saturated heterocycles. The van der Waals surface area contributed by atoms with Gasteiger partial charge in [-0.15, -0.1) is 0 Å². The molecule has 2 atom stereocenters. The highest BCUT2D eigenvalue weighted by molar-refractivity contribution is 9.10. The fourth-order valence-electron chi connectivity index (χ4n) is 1.54. The number of hydrogen-bond acceptors (Lipinski definition) is 3. The lowest BCUT2D eigenvalue weighted by Gasteiger charge is -2.11. The summed E-state index contributed by atoms with van der Waals surface area (Å²) in [5.74, 6) is 0.269. The van der Waals surface area contributed by atoms with Gasteiger partial charge in [-0.25, -0.2) is 0 Å². The van der Waals surface area contributed by atoms with Gasteiger partial charge < -0.3 is 10.4 Å². The standard InChI is InChI=1S/C8H10BrNOS/c9-7-4-12-3-6(7)5-1-10-2-8(5)11/h3-5,8,10-11H,1-2H2/t5-,8+/m0/s1. The van der Waals surface area contributed by atoms with Gasteiger partial charge >= 0.3 is 0 Å². The Morgan fingerprint density at radius 2 is 2.33 bits per heavy atom. The third kappa shape index (κ3) is 1.44. The van der Waals surface area contributed by atoms with Crippen LogP contribution in [0.15, 0.2) is 15.2 Å². The van der Waals surface area contributed by atoms with Gasteiger partial charge in [0.25, 0.3) is 0 Å². The van der Waals surface area contributed by atoms with Crippen LogP contribution in [0.4, 0.5) is 0 Å². The lowest BCUT2D eigenvalue weighted by molar-refractivity contribution is 0.177. The van der Waals surface area contributed by atoms with E-state index in [0.29, 0.717) is 6.54 Å². The van der Waals surface area contributed by atoms with E-state index in [9.17, 15) is 5.11 Å².